The van der Waals surface area contributed by atoms with Gasteiger partial charge in [0, 0.05) is 23.0 Å². The van der Waals surface area contributed by atoms with Crippen LogP contribution in [0.5, 0.6) is 5.75 Å². The molecular weight excluding hydrogens is 405 g/mol. The molecule has 0 aliphatic heterocycles. The zero-order chi connectivity index (χ0) is 20.5. The lowest BCUT2D eigenvalue weighted by Crippen LogP contribution is -2.14. The number of aromatic nitrogens is 4. The smallest absolute Gasteiger partial charge is 0.259 e. The first-order valence-corrected chi connectivity index (χ1v) is 9.39. The maximum Gasteiger partial charge on any atom is 0.259 e. The summed E-state index contributed by atoms with van der Waals surface area (Å²) >= 11 is 7.01. The zero-order valence-electron chi connectivity index (χ0n) is 15.6. The lowest BCUT2D eigenvalue weighted by molar-refractivity contribution is 0.102. The van der Waals surface area contributed by atoms with Crippen molar-refractivity contribution in [3.8, 4) is 16.9 Å². The molecule has 10 heteroatoms. The third-order valence-corrected chi connectivity index (χ3v) is 5.13. The molecule has 0 aromatic carbocycles. The molecule has 3 rings (SSSR count). The number of alkyl halides is 1. The van der Waals surface area contributed by atoms with E-state index in [1.54, 1.807) is 19.1 Å². The van der Waals surface area contributed by atoms with Gasteiger partial charge in [-0.05, 0) is 32.9 Å². The largest absolute Gasteiger partial charge is 0.494 e. The molecule has 0 aliphatic rings. The molecule has 0 radical (unpaired) electrons. The third kappa shape index (κ3) is 4.26. The lowest BCUT2D eigenvalue weighted by atomic mass is 10.0. The number of carbonyl (C=O) groups excluding carboxylic acids is 1. The SMILES string of the molecule is COc1cnc(Cl)cc1-c1cc(C)ncc1C(=O)Nc1nnc(C(C)(C)F)s1. The van der Waals surface area contributed by atoms with E-state index >= 15 is 0 Å². The van der Waals surface area contributed by atoms with Gasteiger partial charge in [-0.2, -0.15) is 0 Å². The minimum atomic E-state index is -1.64. The number of amides is 1. The molecule has 1 N–H and O–H groups in total. The molecule has 3 heterocycles. The summed E-state index contributed by atoms with van der Waals surface area (Å²) in [5.41, 5.74) is 0.516. The van der Waals surface area contributed by atoms with E-state index in [1.807, 2.05) is 0 Å². The van der Waals surface area contributed by atoms with E-state index in [-0.39, 0.29) is 20.9 Å². The Kier molecular flexibility index (Phi) is 5.57. The fourth-order valence-corrected chi connectivity index (χ4v) is 3.32. The maximum atomic E-state index is 14.0. The molecule has 0 spiro atoms. The summed E-state index contributed by atoms with van der Waals surface area (Å²) in [4.78, 5) is 21.1. The highest BCUT2D eigenvalue weighted by atomic mass is 35.5. The van der Waals surface area contributed by atoms with Crippen LogP contribution in [0.2, 0.25) is 5.15 Å². The van der Waals surface area contributed by atoms with Crippen molar-refractivity contribution in [3.05, 3.63) is 45.9 Å². The molecule has 3 aromatic heterocycles. The van der Waals surface area contributed by atoms with Crippen LogP contribution in [-0.2, 0) is 5.67 Å². The van der Waals surface area contributed by atoms with Gasteiger partial charge in [0.15, 0.2) is 10.7 Å². The highest BCUT2D eigenvalue weighted by molar-refractivity contribution is 7.15. The zero-order valence-corrected chi connectivity index (χ0v) is 17.2. The van der Waals surface area contributed by atoms with Gasteiger partial charge < -0.3 is 4.74 Å². The van der Waals surface area contributed by atoms with Crippen LogP contribution in [0.15, 0.2) is 24.5 Å². The average molecular weight is 422 g/mol. The monoisotopic (exact) mass is 421 g/mol. The first kappa shape index (κ1) is 20.1. The van der Waals surface area contributed by atoms with Gasteiger partial charge in [-0.3, -0.25) is 15.1 Å². The van der Waals surface area contributed by atoms with E-state index in [2.05, 4.69) is 25.5 Å². The highest BCUT2D eigenvalue weighted by Gasteiger charge is 2.25. The molecule has 0 unspecified atom stereocenters. The second-order valence-electron chi connectivity index (χ2n) is 6.42. The maximum absolute atomic E-state index is 14.0. The Morgan fingerprint density at radius 2 is 1.96 bits per heavy atom. The number of nitrogens with zero attached hydrogens (tertiary/aromatic N) is 4. The van der Waals surface area contributed by atoms with Gasteiger partial charge in [0.25, 0.3) is 5.91 Å². The van der Waals surface area contributed by atoms with Crippen molar-refractivity contribution in [2.75, 3.05) is 12.4 Å². The van der Waals surface area contributed by atoms with Crippen LogP contribution in [0.3, 0.4) is 0 Å². The molecule has 0 saturated carbocycles. The number of hydrogen-bond acceptors (Lipinski definition) is 7. The van der Waals surface area contributed by atoms with Crippen LogP contribution in [0.1, 0.15) is 34.9 Å². The van der Waals surface area contributed by atoms with Crippen LogP contribution in [0, 0.1) is 6.92 Å². The molecule has 0 bridgehead atoms. The summed E-state index contributed by atoms with van der Waals surface area (Å²) in [7, 11) is 1.50. The lowest BCUT2D eigenvalue weighted by Gasteiger charge is -2.13. The first-order valence-electron chi connectivity index (χ1n) is 8.20. The predicted octanol–water partition coefficient (Wildman–Crippen LogP) is 4.42. The highest BCUT2D eigenvalue weighted by Crippen LogP contribution is 2.34. The number of hydrogen-bond donors (Lipinski definition) is 1. The molecule has 0 aliphatic carbocycles. The number of rotatable bonds is 5. The Balaban J connectivity index is 2.00. The Morgan fingerprint density at radius 3 is 2.61 bits per heavy atom. The fraction of sp³-hybridized carbons (Fsp3) is 0.278. The van der Waals surface area contributed by atoms with Gasteiger partial charge in [-0.15, -0.1) is 10.2 Å². The van der Waals surface area contributed by atoms with Gasteiger partial charge in [-0.1, -0.05) is 22.9 Å². The van der Waals surface area contributed by atoms with E-state index in [0.29, 0.717) is 22.6 Å². The number of carbonyl (C=O) groups is 1. The molecular formula is C18H17ClFN5O2S. The summed E-state index contributed by atoms with van der Waals surface area (Å²) in [5, 5.41) is 10.9. The minimum Gasteiger partial charge on any atom is -0.494 e. The van der Waals surface area contributed by atoms with Gasteiger partial charge in [0.2, 0.25) is 5.13 Å². The van der Waals surface area contributed by atoms with E-state index in [4.69, 9.17) is 16.3 Å². The number of halogens is 2. The normalized spacial score (nSPS) is 11.4. The second kappa shape index (κ2) is 7.76. The van der Waals surface area contributed by atoms with Crippen molar-refractivity contribution in [3.63, 3.8) is 0 Å². The molecule has 3 aromatic rings. The van der Waals surface area contributed by atoms with Crippen molar-refractivity contribution in [2.24, 2.45) is 0 Å². The predicted molar refractivity (Wildman–Crippen MR) is 106 cm³/mol. The Bertz CT molecular complexity index is 1040. The van der Waals surface area contributed by atoms with Crippen LogP contribution < -0.4 is 10.1 Å². The molecule has 146 valence electrons. The number of aryl methyl sites for hydroxylation is 1. The van der Waals surface area contributed by atoms with Crippen molar-refractivity contribution in [1.29, 1.82) is 0 Å². The number of anilines is 1. The van der Waals surface area contributed by atoms with Crippen LogP contribution in [-0.4, -0.2) is 33.2 Å². The van der Waals surface area contributed by atoms with Crippen LogP contribution in [0.4, 0.5) is 9.52 Å². The topological polar surface area (TPSA) is 89.9 Å². The molecule has 1 amide bonds. The summed E-state index contributed by atoms with van der Waals surface area (Å²) in [6.45, 7) is 4.56. The second-order valence-corrected chi connectivity index (χ2v) is 7.78. The molecule has 0 fully saturated rings. The Hall–Kier alpha value is -2.65. The van der Waals surface area contributed by atoms with Crippen molar-refractivity contribution < 1.29 is 13.9 Å². The summed E-state index contributed by atoms with van der Waals surface area (Å²) in [6.07, 6.45) is 2.93. The quantitative estimate of drug-likeness (QED) is 0.613. The first-order chi connectivity index (χ1) is 13.2. The van der Waals surface area contributed by atoms with Gasteiger partial charge in [0.1, 0.15) is 10.9 Å². The molecule has 0 saturated heterocycles. The number of pyridine rings is 2. The van der Waals surface area contributed by atoms with Crippen LogP contribution in [0.25, 0.3) is 11.1 Å². The number of methoxy groups -OCH3 is 1. The third-order valence-electron chi connectivity index (χ3n) is 3.78. The summed E-state index contributed by atoms with van der Waals surface area (Å²) in [6, 6.07) is 3.36. The molecule has 28 heavy (non-hydrogen) atoms. The van der Waals surface area contributed by atoms with E-state index in [9.17, 15) is 9.18 Å². The minimum absolute atomic E-state index is 0.174. The average Bonchev–Trinajstić information content (AvgIpc) is 3.10. The fourth-order valence-electron chi connectivity index (χ4n) is 2.43. The van der Waals surface area contributed by atoms with Gasteiger partial charge in [-0.25, -0.2) is 9.37 Å². The Labute approximate surface area is 170 Å². The van der Waals surface area contributed by atoms with E-state index in [1.165, 1.54) is 33.4 Å². The van der Waals surface area contributed by atoms with Gasteiger partial charge in [0.05, 0.1) is 18.9 Å². The van der Waals surface area contributed by atoms with Crippen molar-refractivity contribution in [2.45, 2.75) is 26.4 Å². The van der Waals surface area contributed by atoms with Gasteiger partial charge >= 0.3 is 0 Å². The summed E-state index contributed by atoms with van der Waals surface area (Å²) < 4.78 is 19.4. The van der Waals surface area contributed by atoms with E-state index < -0.39 is 11.6 Å². The standard InChI is InChI=1S/C18H17ClFN5O2S/c1-9-5-10(11-6-14(19)22-8-13(11)27-4)12(7-21-9)15(26)23-17-25-24-16(28-17)18(2,3)20/h5-8H,1-4H3,(H,23,25,26). The number of nitrogens with one attached hydrogen (secondary N) is 1. The summed E-state index contributed by atoms with van der Waals surface area (Å²) in [5.74, 6) is -0.00159. The van der Waals surface area contributed by atoms with Crippen molar-refractivity contribution in [1.82, 2.24) is 20.2 Å². The van der Waals surface area contributed by atoms with Crippen LogP contribution >= 0.6 is 22.9 Å². The number of ether oxygens (including phenoxy) is 1. The molecule has 7 nitrogen and oxygen atoms in total. The molecule has 0 atom stereocenters. The van der Waals surface area contributed by atoms with Crippen molar-refractivity contribution >= 4 is 34.0 Å². The van der Waals surface area contributed by atoms with E-state index in [0.717, 1.165) is 11.3 Å². The Morgan fingerprint density at radius 1 is 1.21 bits per heavy atom.